The van der Waals surface area contributed by atoms with Crippen molar-refractivity contribution in [1.82, 2.24) is 4.90 Å². The molecule has 1 aliphatic heterocycles. The van der Waals surface area contributed by atoms with Gasteiger partial charge in [-0.05, 0) is 56.0 Å². The van der Waals surface area contributed by atoms with Crippen LogP contribution in [0.25, 0.3) is 0 Å². The van der Waals surface area contributed by atoms with E-state index in [4.69, 9.17) is 0 Å². The Morgan fingerprint density at radius 1 is 1.06 bits per heavy atom. The second-order valence-electron chi connectivity index (χ2n) is 6.67. The molecule has 96 valence electrons. The van der Waals surface area contributed by atoms with Gasteiger partial charge in [-0.2, -0.15) is 0 Å². The van der Waals surface area contributed by atoms with Crippen molar-refractivity contribution in [3.63, 3.8) is 0 Å². The molecule has 1 saturated heterocycles. The predicted molar refractivity (Wildman–Crippen MR) is 72.6 cm³/mol. The summed E-state index contributed by atoms with van der Waals surface area (Å²) in [7, 11) is 2.28. The largest absolute Gasteiger partial charge is 0.306 e. The summed E-state index contributed by atoms with van der Waals surface area (Å²) in [6, 6.07) is 0. The lowest BCUT2D eigenvalue weighted by atomic mass is 9.72. The Bertz CT molecular complexity index is 200. The summed E-state index contributed by atoms with van der Waals surface area (Å²) >= 11 is 0. The van der Waals surface area contributed by atoms with Gasteiger partial charge in [-0.1, -0.05) is 34.6 Å². The zero-order valence-corrected chi connectivity index (χ0v) is 12.2. The summed E-state index contributed by atoms with van der Waals surface area (Å²) in [6.45, 7) is 14.7. The molecular formula is C15H31N. The van der Waals surface area contributed by atoms with Crippen LogP contribution in [0.1, 0.15) is 47.5 Å². The van der Waals surface area contributed by atoms with Gasteiger partial charge < -0.3 is 4.90 Å². The Morgan fingerprint density at radius 3 is 2.25 bits per heavy atom. The molecule has 0 aromatic heterocycles. The fourth-order valence-electron chi connectivity index (χ4n) is 3.98. The molecule has 0 amide bonds. The Morgan fingerprint density at radius 2 is 1.69 bits per heavy atom. The van der Waals surface area contributed by atoms with Gasteiger partial charge in [0.2, 0.25) is 0 Å². The van der Waals surface area contributed by atoms with Crippen molar-refractivity contribution in [3.8, 4) is 0 Å². The molecule has 0 bridgehead atoms. The summed E-state index contributed by atoms with van der Waals surface area (Å²) < 4.78 is 0. The van der Waals surface area contributed by atoms with E-state index in [1.165, 1.54) is 25.9 Å². The maximum Gasteiger partial charge on any atom is 0.000407 e. The lowest BCUT2D eigenvalue weighted by molar-refractivity contribution is 0.165. The highest BCUT2D eigenvalue weighted by molar-refractivity contribution is 4.79. The lowest BCUT2D eigenvalue weighted by Gasteiger charge is -2.33. The average molecular weight is 225 g/mol. The average Bonchev–Trinajstić information content (AvgIpc) is 2.16. The van der Waals surface area contributed by atoms with Crippen LogP contribution in [0.3, 0.4) is 0 Å². The molecule has 1 rings (SSSR count). The summed E-state index contributed by atoms with van der Waals surface area (Å²) in [5, 5.41) is 0. The lowest BCUT2D eigenvalue weighted by Crippen LogP contribution is -2.26. The highest BCUT2D eigenvalue weighted by Crippen LogP contribution is 2.35. The smallest absolute Gasteiger partial charge is 0.000407 e. The topological polar surface area (TPSA) is 3.24 Å². The van der Waals surface area contributed by atoms with Gasteiger partial charge in [0.15, 0.2) is 0 Å². The van der Waals surface area contributed by atoms with E-state index in [0.29, 0.717) is 0 Å². The molecule has 0 aromatic rings. The first-order valence-corrected chi connectivity index (χ1v) is 7.10. The van der Waals surface area contributed by atoms with Gasteiger partial charge in [-0.3, -0.25) is 0 Å². The van der Waals surface area contributed by atoms with Crippen molar-refractivity contribution in [3.05, 3.63) is 0 Å². The van der Waals surface area contributed by atoms with Crippen molar-refractivity contribution >= 4 is 0 Å². The minimum absolute atomic E-state index is 0.834. The third kappa shape index (κ3) is 3.76. The van der Waals surface area contributed by atoms with Gasteiger partial charge in [0.1, 0.15) is 0 Å². The minimum atomic E-state index is 0.834. The van der Waals surface area contributed by atoms with Crippen molar-refractivity contribution in [2.75, 3.05) is 20.1 Å². The molecule has 1 fully saturated rings. The van der Waals surface area contributed by atoms with Gasteiger partial charge in [0.05, 0.1) is 0 Å². The van der Waals surface area contributed by atoms with Crippen LogP contribution in [-0.2, 0) is 0 Å². The molecule has 1 heteroatoms. The van der Waals surface area contributed by atoms with E-state index in [1.54, 1.807) is 0 Å². The first-order valence-electron chi connectivity index (χ1n) is 7.10. The second-order valence-corrected chi connectivity index (χ2v) is 6.67. The fraction of sp³-hybridized carbons (Fsp3) is 1.00. The number of hydrogen-bond acceptors (Lipinski definition) is 1. The van der Waals surface area contributed by atoms with Gasteiger partial charge in [0, 0.05) is 6.54 Å². The van der Waals surface area contributed by atoms with Crippen LogP contribution in [0.4, 0.5) is 0 Å². The molecule has 0 spiro atoms. The third-order valence-electron chi connectivity index (χ3n) is 4.45. The zero-order valence-electron chi connectivity index (χ0n) is 12.2. The van der Waals surface area contributed by atoms with Crippen LogP contribution >= 0.6 is 0 Å². The van der Waals surface area contributed by atoms with E-state index >= 15 is 0 Å². The highest BCUT2D eigenvalue weighted by atomic mass is 15.1. The molecule has 1 heterocycles. The SMILES string of the molecule is CC1CC(C)C(C(C)C)C(C)CCN(C)C1. The molecule has 4 unspecified atom stereocenters. The zero-order chi connectivity index (χ0) is 12.3. The quantitative estimate of drug-likeness (QED) is 0.654. The molecule has 0 saturated carbocycles. The van der Waals surface area contributed by atoms with Crippen molar-refractivity contribution in [2.45, 2.75) is 47.5 Å². The molecule has 16 heavy (non-hydrogen) atoms. The van der Waals surface area contributed by atoms with E-state index < -0.39 is 0 Å². The Hall–Kier alpha value is -0.0400. The second kappa shape index (κ2) is 6.05. The van der Waals surface area contributed by atoms with Crippen LogP contribution < -0.4 is 0 Å². The Balaban J connectivity index is 2.74. The normalized spacial score (nSPS) is 39.2. The molecule has 4 atom stereocenters. The third-order valence-corrected chi connectivity index (χ3v) is 4.45. The molecule has 1 aliphatic rings. The number of nitrogens with zero attached hydrogens (tertiary/aromatic N) is 1. The Labute approximate surface area is 103 Å². The molecule has 0 radical (unpaired) electrons. The first kappa shape index (κ1) is 14.0. The van der Waals surface area contributed by atoms with Crippen molar-refractivity contribution in [2.24, 2.45) is 29.6 Å². The van der Waals surface area contributed by atoms with Crippen LogP contribution in [0.5, 0.6) is 0 Å². The molecule has 0 aliphatic carbocycles. The molecule has 0 aromatic carbocycles. The van der Waals surface area contributed by atoms with E-state index in [1.807, 2.05) is 0 Å². The first-order chi connectivity index (χ1) is 7.41. The number of rotatable bonds is 1. The predicted octanol–water partition coefficient (Wildman–Crippen LogP) is 3.89. The van der Waals surface area contributed by atoms with E-state index in [0.717, 1.165) is 29.6 Å². The summed E-state index contributed by atoms with van der Waals surface area (Å²) in [5.74, 6) is 4.36. The number of hydrogen-bond donors (Lipinski definition) is 0. The fourth-order valence-corrected chi connectivity index (χ4v) is 3.98. The summed E-state index contributed by atoms with van der Waals surface area (Å²) in [6.07, 6.45) is 2.77. The maximum atomic E-state index is 2.52. The van der Waals surface area contributed by atoms with Crippen LogP contribution in [-0.4, -0.2) is 25.0 Å². The van der Waals surface area contributed by atoms with Crippen LogP contribution in [0.15, 0.2) is 0 Å². The van der Waals surface area contributed by atoms with Crippen LogP contribution in [0.2, 0.25) is 0 Å². The van der Waals surface area contributed by atoms with Gasteiger partial charge in [-0.15, -0.1) is 0 Å². The highest BCUT2D eigenvalue weighted by Gasteiger charge is 2.29. The van der Waals surface area contributed by atoms with E-state index in [2.05, 4.69) is 46.6 Å². The van der Waals surface area contributed by atoms with E-state index in [-0.39, 0.29) is 0 Å². The van der Waals surface area contributed by atoms with Gasteiger partial charge in [-0.25, -0.2) is 0 Å². The Kier molecular flexibility index (Phi) is 5.30. The van der Waals surface area contributed by atoms with Gasteiger partial charge >= 0.3 is 0 Å². The monoisotopic (exact) mass is 225 g/mol. The van der Waals surface area contributed by atoms with E-state index in [9.17, 15) is 0 Å². The molecule has 1 nitrogen and oxygen atoms in total. The maximum absolute atomic E-state index is 2.52. The van der Waals surface area contributed by atoms with Crippen molar-refractivity contribution < 1.29 is 0 Å². The standard InChI is InChI=1S/C15H31N/c1-11(2)15-13(4)7-8-16(6)10-12(3)9-14(15)5/h11-15H,7-10H2,1-6H3. The molecule has 0 N–H and O–H groups in total. The van der Waals surface area contributed by atoms with Crippen LogP contribution in [0, 0.1) is 29.6 Å². The minimum Gasteiger partial charge on any atom is -0.306 e. The van der Waals surface area contributed by atoms with Crippen molar-refractivity contribution in [1.29, 1.82) is 0 Å². The summed E-state index contributed by atoms with van der Waals surface area (Å²) in [4.78, 5) is 2.52. The summed E-state index contributed by atoms with van der Waals surface area (Å²) in [5.41, 5.74) is 0. The van der Waals surface area contributed by atoms with Gasteiger partial charge in [0.25, 0.3) is 0 Å². The molecular weight excluding hydrogens is 194 g/mol.